The molecule has 0 atom stereocenters. The summed E-state index contributed by atoms with van der Waals surface area (Å²) in [4.78, 5) is 0. The Labute approximate surface area is 104 Å². The minimum Gasteiger partial charge on any atom is -0.421 e. The Balaban J connectivity index is 2.52. The Morgan fingerprint density at radius 1 is 0.812 bits per heavy atom. The van der Waals surface area contributed by atoms with Crippen molar-refractivity contribution in [1.82, 2.24) is 0 Å². The van der Waals surface area contributed by atoms with Gasteiger partial charge in [0.15, 0.2) is 11.5 Å². The molecule has 0 bridgehead atoms. The van der Waals surface area contributed by atoms with E-state index in [1.807, 2.05) is 0 Å². The second-order valence-electron chi connectivity index (χ2n) is 2.95. The Hall–Kier alpha value is -0.500. The summed E-state index contributed by atoms with van der Waals surface area (Å²) in [6, 6.07) is 2.23. The summed E-state index contributed by atoms with van der Waals surface area (Å²) in [7, 11) is 0. The number of hydrogen-bond acceptors (Lipinski definition) is 2. The molecule has 0 N–H and O–H groups in total. The molecule has 0 saturated heterocycles. The van der Waals surface area contributed by atoms with Gasteiger partial charge in [0.2, 0.25) is 0 Å². The third-order valence-corrected chi connectivity index (χ3v) is 3.65. The molecule has 2 rings (SSSR count). The maximum atomic E-state index is 12.8. The average molecular weight is 366 g/mol. The minimum absolute atomic E-state index is 0.385. The molecule has 0 saturated carbocycles. The molecule has 0 aliphatic carbocycles. The number of halogens is 6. The average Bonchev–Trinajstić information content (AvgIpc) is 2.10. The molecule has 1 heterocycles. The summed E-state index contributed by atoms with van der Waals surface area (Å²) in [5.74, 6) is -0.906. The van der Waals surface area contributed by atoms with Crippen LogP contribution in [0, 0.1) is 0 Å². The number of alkyl halides is 4. The first kappa shape index (κ1) is 12.0. The zero-order valence-electron chi connectivity index (χ0n) is 7.24. The highest BCUT2D eigenvalue weighted by molar-refractivity contribution is 9.13. The fourth-order valence-corrected chi connectivity index (χ4v) is 1.71. The van der Waals surface area contributed by atoms with Crippen LogP contribution in [0.5, 0.6) is 11.5 Å². The third kappa shape index (κ3) is 1.77. The molecule has 1 aliphatic rings. The van der Waals surface area contributed by atoms with Crippen molar-refractivity contribution in [2.75, 3.05) is 0 Å². The van der Waals surface area contributed by atoms with Crippen molar-refractivity contribution in [2.24, 2.45) is 0 Å². The van der Waals surface area contributed by atoms with E-state index in [0.29, 0.717) is 8.95 Å². The molecule has 0 unspecified atom stereocenters. The lowest BCUT2D eigenvalue weighted by molar-refractivity contribution is -0.391. The molecule has 0 amide bonds. The van der Waals surface area contributed by atoms with Crippen LogP contribution < -0.4 is 9.47 Å². The lowest BCUT2D eigenvalue weighted by Gasteiger charge is -2.31. The van der Waals surface area contributed by atoms with E-state index in [0.717, 1.165) is 12.1 Å². The highest BCUT2D eigenvalue weighted by atomic mass is 79.9. The van der Waals surface area contributed by atoms with Gasteiger partial charge in [0.1, 0.15) is 0 Å². The maximum Gasteiger partial charge on any atom is 0.507 e. The molecule has 0 spiro atoms. The largest absolute Gasteiger partial charge is 0.507 e. The van der Waals surface area contributed by atoms with Gasteiger partial charge in [-0.25, -0.2) is 0 Å². The summed E-state index contributed by atoms with van der Waals surface area (Å²) in [6.07, 6.45) is -9.37. The van der Waals surface area contributed by atoms with E-state index >= 15 is 0 Å². The van der Waals surface area contributed by atoms with Gasteiger partial charge in [-0.15, -0.1) is 0 Å². The smallest absolute Gasteiger partial charge is 0.421 e. The van der Waals surface area contributed by atoms with Crippen molar-refractivity contribution in [2.45, 2.75) is 12.2 Å². The highest BCUT2D eigenvalue weighted by Crippen LogP contribution is 2.48. The van der Waals surface area contributed by atoms with Gasteiger partial charge in [0.05, 0.1) is 0 Å². The molecule has 2 nitrogen and oxygen atoms in total. The van der Waals surface area contributed by atoms with Gasteiger partial charge >= 0.3 is 12.2 Å². The maximum absolute atomic E-state index is 12.8. The van der Waals surface area contributed by atoms with Crippen LogP contribution in [0.3, 0.4) is 0 Å². The van der Waals surface area contributed by atoms with Crippen LogP contribution in [0.4, 0.5) is 17.6 Å². The van der Waals surface area contributed by atoms with Crippen molar-refractivity contribution in [3.8, 4) is 11.5 Å². The number of hydrogen-bond donors (Lipinski definition) is 0. The topological polar surface area (TPSA) is 18.5 Å². The summed E-state index contributed by atoms with van der Waals surface area (Å²) in [5, 5.41) is 0. The Morgan fingerprint density at radius 2 is 1.12 bits per heavy atom. The van der Waals surface area contributed by atoms with E-state index in [4.69, 9.17) is 0 Å². The minimum atomic E-state index is -4.69. The summed E-state index contributed by atoms with van der Waals surface area (Å²) < 4.78 is 59.7. The Bertz CT molecular complexity index is 409. The summed E-state index contributed by atoms with van der Waals surface area (Å²) in [5.41, 5.74) is 0. The molecule has 88 valence electrons. The van der Waals surface area contributed by atoms with Gasteiger partial charge in [0, 0.05) is 8.95 Å². The van der Waals surface area contributed by atoms with Gasteiger partial charge in [-0.3, -0.25) is 0 Å². The monoisotopic (exact) mass is 364 g/mol. The quantitative estimate of drug-likeness (QED) is 0.642. The van der Waals surface area contributed by atoms with E-state index in [-0.39, 0.29) is 0 Å². The van der Waals surface area contributed by atoms with Gasteiger partial charge in [-0.2, -0.15) is 17.6 Å². The fourth-order valence-electron chi connectivity index (χ4n) is 1.06. The van der Waals surface area contributed by atoms with Crippen LogP contribution in [0.1, 0.15) is 0 Å². The van der Waals surface area contributed by atoms with Crippen molar-refractivity contribution in [1.29, 1.82) is 0 Å². The van der Waals surface area contributed by atoms with Crippen LogP contribution in [0.25, 0.3) is 0 Å². The van der Waals surface area contributed by atoms with Crippen LogP contribution >= 0.6 is 31.9 Å². The molecule has 0 fully saturated rings. The Kier molecular flexibility index (Phi) is 2.61. The summed E-state index contributed by atoms with van der Waals surface area (Å²) in [6.45, 7) is 0. The molecular formula is C8H2Br2F4O2. The van der Waals surface area contributed by atoms with Crippen molar-refractivity contribution in [3.05, 3.63) is 21.1 Å². The predicted octanol–water partition coefficient (Wildman–Crippen LogP) is 4.17. The van der Waals surface area contributed by atoms with Crippen LogP contribution in [-0.2, 0) is 0 Å². The van der Waals surface area contributed by atoms with Crippen LogP contribution in [-0.4, -0.2) is 12.2 Å². The number of ether oxygens (including phenoxy) is 2. The van der Waals surface area contributed by atoms with Gasteiger partial charge < -0.3 is 9.47 Å². The molecule has 0 radical (unpaired) electrons. The molecule has 1 aromatic carbocycles. The van der Waals surface area contributed by atoms with Crippen molar-refractivity contribution < 1.29 is 27.0 Å². The number of fused-ring (bicyclic) bond motifs is 1. The van der Waals surface area contributed by atoms with E-state index in [1.54, 1.807) is 0 Å². The molecule has 1 aromatic rings. The molecule has 8 heteroatoms. The normalized spacial score (nSPS) is 20.6. The van der Waals surface area contributed by atoms with Crippen molar-refractivity contribution >= 4 is 31.9 Å². The second kappa shape index (κ2) is 3.49. The van der Waals surface area contributed by atoms with Crippen LogP contribution in [0.2, 0.25) is 0 Å². The van der Waals surface area contributed by atoms with Crippen LogP contribution in [0.15, 0.2) is 21.1 Å². The first-order valence-corrected chi connectivity index (χ1v) is 5.44. The lowest BCUT2D eigenvalue weighted by atomic mass is 10.3. The number of rotatable bonds is 0. The van der Waals surface area contributed by atoms with Gasteiger partial charge in [0.25, 0.3) is 0 Å². The zero-order chi connectivity index (χ0) is 12.1. The molecular weight excluding hydrogens is 364 g/mol. The fraction of sp³-hybridized carbons (Fsp3) is 0.250. The standard InChI is InChI=1S/C8H2Br2F4O2/c9-3-1-5-6(2-4(3)10)16-8(13,14)7(11,12)15-5/h1-2H. The Morgan fingerprint density at radius 3 is 1.44 bits per heavy atom. The van der Waals surface area contributed by atoms with Gasteiger partial charge in [-0.05, 0) is 44.0 Å². The van der Waals surface area contributed by atoms with Crippen molar-refractivity contribution in [3.63, 3.8) is 0 Å². The predicted molar refractivity (Wildman–Crippen MR) is 53.0 cm³/mol. The summed E-state index contributed by atoms with van der Waals surface area (Å²) >= 11 is 6.05. The highest BCUT2D eigenvalue weighted by Gasteiger charge is 2.65. The van der Waals surface area contributed by atoms with E-state index in [1.165, 1.54) is 0 Å². The SMILES string of the molecule is FC1(F)Oc2cc(Br)c(Br)cc2OC1(F)F. The van der Waals surface area contributed by atoms with E-state index in [2.05, 4.69) is 41.3 Å². The van der Waals surface area contributed by atoms with E-state index < -0.39 is 23.7 Å². The number of benzene rings is 1. The first-order chi connectivity index (χ1) is 7.23. The second-order valence-corrected chi connectivity index (χ2v) is 4.66. The molecule has 0 aromatic heterocycles. The van der Waals surface area contributed by atoms with E-state index in [9.17, 15) is 17.6 Å². The lowest BCUT2D eigenvalue weighted by Crippen LogP contribution is -2.52. The van der Waals surface area contributed by atoms with Gasteiger partial charge in [-0.1, -0.05) is 0 Å². The zero-order valence-corrected chi connectivity index (χ0v) is 10.4. The third-order valence-electron chi connectivity index (χ3n) is 1.80. The molecule has 1 aliphatic heterocycles. The first-order valence-electron chi connectivity index (χ1n) is 3.86. The molecule has 16 heavy (non-hydrogen) atoms.